The van der Waals surface area contributed by atoms with Crippen LogP contribution in [0.1, 0.15) is 32.8 Å². The Balaban J connectivity index is 0.00000529. The van der Waals surface area contributed by atoms with Crippen LogP contribution in [-0.4, -0.2) is 39.9 Å². The first-order valence-corrected chi connectivity index (χ1v) is 7.93. The first-order chi connectivity index (χ1) is 11.1. The van der Waals surface area contributed by atoms with Crippen molar-refractivity contribution < 1.29 is 14.2 Å². The molecule has 0 saturated heterocycles. The van der Waals surface area contributed by atoms with Crippen LogP contribution in [0, 0.1) is 0 Å². The van der Waals surface area contributed by atoms with Crippen molar-refractivity contribution in [3.8, 4) is 17.2 Å². The lowest BCUT2D eigenvalue weighted by atomic mass is 10.1. The highest BCUT2D eigenvalue weighted by Crippen LogP contribution is 2.34. The van der Waals surface area contributed by atoms with Crippen LogP contribution in [0.3, 0.4) is 0 Å². The van der Waals surface area contributed by atoms with E-state index in [9.17, 15) is 0 Å². The molecule has 0 heterocycles. The average molecular weight is 451 g/mol. The Morgan fingerprint density at radius 2 is 1.62 bits per heavy atom. The Kier molecular flexibility index (Phi) is 11.4. The summed E-state index contributed by atoms with van der Waals surface area (Å²) in [6.07, 6.45) is 1.03. The van der Waals surface area contributed by atoms with Crippen molar-refractivity contribution in [3.05, 3.63) is 17.7 Å². The maximum absolute atomic E-state index is 5.44. The van der Waals surface area contributed by atoms with E-state index in [0.29, 0.717) is 24.1 Å². The quantitative estimate of drug-likeness (QED) is 0.361. The Hall–Kier alpha value is -1.38. The number of halogens is 1. The fourth-order valence-electron chi connectivity index (χ4n) is 2.04. The van der Waals surface area contributed by atoms with Crippen LogP contribution in [0.2, 0.25) is 0 Å². The highest BCUT2D eigenvalue weighted by atomic mass is 127. The molecule has 0 saturated carbocycles. The predicted octanol–water partition coefficient (Wildman–Crippen LogP) is 3.18. The molecule has 0 bridgehead atoms. The van der Waals surface area contributed by atoms with Gasteiger partial charge in [0, 0.05) is 24.2 Å². The molecular formula is C17H30IN3O3. The summed E-state index contributed by atoms with van der Waals surface area (Å²) in [7, 11) is 4.86. The lowest BCUT2D eigenvalue weighted by Gasteiger charge is -2.17. The van der Waals surface area contributed by atoms with Crippen molar-refractivity contribution in [2.24, 2.45) is 4.99 Å². The monoisotopic (exact) mass is 451 g/mol. The van der Waals surface area contributed by atoms with Crippen LogP contribution in [0.25, 0.3) is 0 Å². The first-order valence-electron chi connectivity index (χ1n) is 7.93. The summed E-state index contributed by atoms with van der Waals surface area (Å²) < 4.78 is 16.1. The maximum atomic E-state index is 5.44. The highest BCUT2D eigenvalue weighted by molar-refractivity contribution is 14.0. The van der Waals surface area contributed by atoms with Crippen molar-refractivity contribution >= 4 is 29.9 Å². The SMILES string of the molecule is CCNC(=NCc1cc(OC)c(OC)cc1OC)NC(C)CC.I. The Morgan fingerprint density at radius 1 is 1.04 bits per heavy atom. The van der Waals surface area contributed by atoms with Gasteiger partial charge >= 0.3 is 0 Å². The smallest absolute Gasteiger partial charge is 0.191 e. The second-order valence-electron chi connectivity index (χ2n) is 5.17. The molecule has 0 amide bonds. The number of hydrogen-bond donors (Lipinski definition) is 2. The van der Waals surface area contributed by atoms with Gasteiger partial charge in [0.1, 0.15) is 5.75 Å². The van der Waals surface area contributed by atoms with Gasteiger partial charge in [-0.15, -0.1) is 24.0 Å². The minimum absolute atomic E-state index is 0. The zero-order chi connectivity index (χ0) is 17.2. The van der Waals surface area contributed by atoms with Gasteiger partial charge in [-0.05, 0) is 26.3 Å². The summed E-state index contributed by atoms with van der Waals surface area (Å²) in [5.74, 6) is 2.82. The van der Waals surface area contributed by atoms with Crippen LogP contribution in [0.15, 0.2) is 17.1 Å². The van der Waals surface area contributed by atoms with Gasteiger partial charge in [0.2, 0.25) is 0 Å². The summed E-state index contributed by atoms with van der Waals surface area (Å²) in [6, 6.07) is 4.08. The van der Waals surface area contributed by atoms with Gasteiger partial charge in [-0.1, -0.05) is 6.92 Å². The number of nitrogens with zero attached hydrogens (tertiary/aromatic N) is 1. The third kappa shape index (κ3) is 6.62. The molecule has 1 atom stereocenters. The van der Waals surface area contributed by atoms with Gasteiger partial charge in [0.05, 0.1) is 27.9 Å². The van der Waals surface area contributed by atoms with E-state index in [4.69, 9.17) is 14.2 Å². The number of rotatable bonds is 8. The van der Waals surface area contributed by atoms with Crippen LogP contribution in [0.5, 0.6) is 17.2 Å². The molecule has 7 heteroatoms. The third-order valence-electron chi connectivity index (χ3n) is 3.53. The molecule has 0 radical (unpaired) electrons. The number of guanidine groups is 1. The summed E-state index contributed by atoms with van der Waals surface area (Å²) >= 11 is 0. The topological polar surface area (TPSA) is 64.1 Å². The summed E-state index contributed by atoms with van der Waals surface area (Å²) in [5.41, 5.74) is 0.937. The van der Waals surface area contributed by atoms with E-state index in [2.05, 4.69) is 29.5 Å². The lowest BCUT2D eigenvalue weighted by molar-refractivity contribution is 0.347. The van der Waals surface area contributed by atoms with Gasteiger partial charge in [-0.3, -0.25) is 0 Å². The molecule has 0 aliphatic carbocycles. The van der Waals surface area contributed by atoms with Crippen molar-refractivity contribution in [2.45, 2.75) is 39.8 Å². The fourth-order valence-corrected chi connectivity index (χ4v) is 2.04. The fraction of sp³-hybridized carbons (Fsp3) is 0.588. The third-order valence-corrected chi connectivity index (χ3v) is 3.53. The molecule has 1 aromatic rings. The van der Waals surface area contributed by atoms with Crippen molar-refractivity contribution in [3.63, 3.8) is 0 Å². The van der Waals surface area contributed by atoms with E-state index in [-0.39, 0.29) is 24.0 Å². The molecule has 24 heavy (non-hydrogen) atoms. The first kappa shape index (κ1) is 22.6. The van der Waals surface area contributed by atoms with E-state index in [1.807, 2.05) is 19.1 Å². The average Bonchev–Trinajstić information content (AvgIpc) is 2.58. The number of nitrogens with one attached hydrogen (secondary N) is 2. The standard InChI is InChI=1S/C17H29N3O3.HI/c1-7-12(3)20-17(18-8-2)19-11-13-9-15(22-5)16(23-6)10-14(13)21-4;/h9-10,12H,7-8,11H2,1-6H3,(H2,18,19,20);1H. The van der Waals surface area contributed by atoms with Gasteiger partial charge < -0.3 is 24.8 Å². The van der Waals surface area contributed by atoms with Crippen LogP contribution >= 0.6 is 24.0 Å². The summed E-state index contributed by atoms with van der Waals surface area (Å²) in [4.78, 5) is 4.63. The van der Waals surface area contributed by atoms with Gasteiger partial charge in [0.15, 0.2) is 17.5 Å². The Labute approximate surface area is 162 Å². The number of ether oxygens (including phenoxy) is 3. The predicted molar refractivity (Wildman–Crippen MR) is 109 cm³/mol. The summed E-state index contributed by atoms with van der Waals surface area (Å²) in [5, 5.41) is 6.62. The van der Waals surface area contributed by atoms with E-state index in [0.717, 1.165) is 30.2 Å². The van der Waals surface area contributed by atoms with Crippen LogP contribution in [-0.2, 0) is 6.54 Å². The van der Waals surface area contributed by atoms with E-state index in [1.165, 1.54) is 0 Å². The molecular weight excluding hydrogens is 421 g/mol. The van der Waals surface area contributed by atoms with E-state index < -0.39 is 0 Å². The Bertz CT molecular complexity index is 524. The Morgan fingerprint density at radius 3 is 2.12 bits per heavy atom. The lowest BCUT2D eigenvalue weighted by Crippen LogP contribution is -2.41. The number of benzene rings is 1. The largest absolute Gasteiger partial charge is 0.496 e. The zero-order valence-electron chi connectivity index (χ0n) is 15.4. The van der Waals surface area contributed by atoms with Crippen molar-refractivity contribution in [2.75, 3.05) is 27.9 Å². The molecule has 0 aromatic heterocycles. The minimum Gasteiger partial charge on any atom is -0.496 e. The van der Waals surface area contributed by atoms with E-state index in [1.54, 1.807) is 21.3 Å². The minimum atomic E-state index is 0. The van der Waals surface area contributed by atoms with Gasteiger partial charge in [0.25, 0.3) is 0 Å². The molecule has 0 spiro atoms. The molecule has 138 valence electrons. The maximum Gasteiger partial charge on any atom is 0.191 e. The highest BCUT2D eigenvalue weighted by Gasteiger charge is 2.12. The molecule has 2 N–H and O–H groups in total. The molecule has 6 nitrogen and oxygen atoms in total. The second-order valence-corrected chi connectivity index (χ2v) is 5.17. The number of hydrogen-bond acceptors (Lipinski definition) is 4. The number of methoxy groups -OCH3 is 3. The summed E-state index contributed by atoms with van der Waals surface area (Å²) in [6.45, 7) is 7.61. The second kappa shape index (κ2) is 12.0. The van der Waals surface area contributed by atoms with Crippen LogP contribution < -0.4 is 24.8 Å². The molecule has 0 aliphatic heterocycles. The van der Waals surface area contributed by atoms with Gasteiger partial charge in [-0.2, -0.15) is 0 Å². The van der Waals surface area contributed by atoms with E-state index >= 15 is 0 Å². The number of aliphatic imine (C=N–C) groups is 1. The molecule has 0 fully saturated rings. The van der Waals surface area contributed by atoms with Crippen LogP contribution in [0.4, 0.5) is 0 Å². The van der Waals surface area contributed by atoms with Crippen molar-refractivity contribution in [1.29, 1.82) is 0 Å². The molecule has 0 aliphatic rings. The van der Waals surface area contributed by atoms with Crippen molar-refractivity contribution in [1.82, 2.24) is 10.6 Å². The molecule has 1 unspecified atom stereocenters. The van der Waals surface area contributed by atoms with Gasteiger partial charge in [-0.25, -0.2) is 4.99 Å². The zero-order valence-corrected chi connectivity index (χ0v) is 17.8. The molecule has 1 rings (SSSR count). The normalized spacial score (nSPS) is 12.0. The molecule has 1 aromatic carbocycles.